The fourth-order valence-corrected chi connectivity index (χ4v) is 2.61. The molecule has 0 bridgehead atoms. The third-order valence-electron chi connectivity index (χ3n) is 2.98. The molecule has 1 unspecified atom stereocenters. The zero-order chi connectivity index (χ0) is 11.8. The number of hydrogen-bond acceptors (Lipinski definition) is 2. The second kappa shape index (κ2) is 4.44. The lowest BCUT2D eigenvalue weighted by Crippen LogP contribution is -2.52. The Morgan fingerprint density at radius 2 is 2.12 bits per heavy atom. The molecule has 0 aliphatic carbocycles. The molecule has 0 aromatic heterocycles. The van der Waals surface area contributed by atoms with E-state index in [0.29, 0.717) is 5.02 Å². The van der Waals surface area contributed by atoms with Crippen molar-refractivity contribution in [3.8, 4) is 0 Å². The van der Waals surface area contributed by atoms with Crippen molar-refractivity contribution < 1.29 is 0 Å². The molecule has 1 aliphatic rings. The van der Waals surface area contributed by atoms with E-state index in [0.717, 1.165) is 36.6 Å². The number of nitrogens with zero attached hydrogens (tertiary/aromatic N) is 1. The molecule has 1 saturated heterocycles. The fourth-order valence-electron chi connectivity index (χ4n) is 2.20. The molecule has 1 aromatic carbocycles. The van der Waals surface area contributed by atoms with Crippen LogP contribution in [0.4, 0.5) is 5.69 Å². The van der Waals surface area contributed by atoms with Gasteiger partial charge in [-0.05, 0) is 38.0 Å². The number of nitrogens with two attached hydrogens (primary N) is 1. The lowest BCUT2D eigenvalue weighted by molar-refractivity contribution is 0.375. The molecule has 0 radical (unpaired) electrons. The highest BCUT2D eigenvalue weighted by Gasteiger charge is 2.27. The van der Waals surface area contributed by atoms with Gasteiger partial charge in [-0.2, -0.15) is 0 Å². The van der Waals surface area contributed by atoms with Crippen molar-refractivity contribution in [2.24, 2.45) is 5.73 Å². The first-order chi connectivity index (χ1) is 7.48. The van der Waals surface area contributed by atoms with Crippen LogP contribution in [-0.4, -0.2) is 18.6 Å². The largest absolute Gasteiger partial charge is 0.368 e. The molecule has 1 aromatic rings. The molecule has 2 N–H and O–H groups in total. The van der Waals surface area contributed by atoms with Crippen LogP contribution < -0.4 is 10.6 Å². The molecule has 2 rings (SSSR count). The maximum atomic E-state index is 6.18. The number of halogens is 2. The summed E-state index contributed by atoms with van der Waals surface area (Å²) in [5.74, 6) is 0. The summed E-state index contributed by atoms with van der Waals surface area (Å²) < 4.78 is 0. The molecule has 0 spiro atoms. The smallest absolute Gasteiger partial charge is 0.0640 e. The van der Waals surface area contributed by atoms with Gasteiger partial charge >= 0.3 is 0 Å². The monoisotopic (exact) mass is 258 g/mol. The standard InChI is InChI=1S/C12H16Cl2N2/c1-12(15)5-2-6-16(8-12)11-7-9(13)3-4-10(11)14/h3-4,7H,2,5-6,8,15H2,1H3. The summed E-state index contributed by atoms with van der Waals surface area (Å²) in [7, 11) is 0. The van der Waals surface area contributed by atoms with Crippen LogP contribution in [0.25, 0.3) is 0 Å². The van der Waals surface area contributed by atoms with Gasteiger partial charge in [0, 0.05) is 23.7 Å². The number of benzene rings is 1. The predicted molar refractivity (Wildman–Crippen MR) is 70.5 cm³/mol. The van der Waals surface area contributed by atoms with Crippen LogP contribution in [0.15, 0.2) is 18.2 Å². The molecule has 16 heavy (non-hydrogen) atoms. The van der Waals surface area contributed by atoms with Gasteiger partial charge in [-0.25, -0.2) is 0 Å². The molecule has 2 nitrogen and oxygen atoms in total. The molecule has 88 valence electrons. The van der Waals surface area contributed by atoms with Gasteiger partial charge in [0.25, 0.3) is 0 Å². The first kappa shape index (κ1) is 12.0. The van der Waals surface area contributed by atoms with Gasteiger partial charge in [0.2, 0.25) is 0 Å². The second-order valence-corrected chi connectivity index (χ2v) is 5.62. The van der Waals surface area contributed by atoms with Gasteiger partial charge in [-0.1, -0.05) is 23.2 Å². The van der Waals surface area contributed by atoms with Gasteiger partial charge in [0.1, 0.15) is 0 Å². The highest BCUT2D eigenvalue weighted by atomic mass is 35.5. The van der Waals surface area contributed by atoms with Crippen LogP contribution in [0.3, 0.4) is 0 Å². The van der Waals surface area contributed by atoms with E-state index in [9.17, 15) is 0 Å². The molecular formula is C12H16Cl2N2. The third-order valence-corrected chi connectivity index (χ3v) is 3.53. The summed E-state index contributed by atoms with van der Waals surface area (Å²) in [4.78, 5) is 2.22. The van der Waals surface area contributed by atoms with Gasteiger partial charge in [-0.3, -0.25) is 0 Å². The Bertz CT molecular complexity index is 391. The maximum absolute atomic E-state index is 6.18. The molecule has 0 amide bonds. The lowest BCUT2D eigenvalue weighted by Gasteiger charge is -2.39. The summed E-state index contributed by atoms with van der Waals surface area (Å²) in [6.45, 7) is 3.90. The SMILES string of the molecule is CC1(N)CCCN(c2cc(Cl)ccc2Cl)C1. The van der Waals surface area contributed by atoms with E-state index in [1.165, 1.54) is 0 Å². The first-order valence-corrected chi connectivity index (χ1v) is 6.22. The zero-order valence-corrected chi connectivity index (χ0v) is 10.9. The zero-order valence-electron chi connectivity index (χ0n) is 9.34. The van der Waals surface area contributed by atoms with Crippen molar-refractivity contribution in [1.29, 1.82) is 0 Å². The molecule has 4 heteroatoms. The van der Waals surface area contributed by atoms with Crippen LogP contribution in [0.1, 0.15) is 19.8 Å². The van der Waals surface area contributed by atoms with Crippen LogP contribution in [0.5, 0.6) is 0 Å². The van der Waals surface area contributed by atoms with Gasteiger partial charge in [-0.15, -0.1) is 0 Å². The molecule has 1 heterocycles. The average Bonchev–Trinajstić information content (AvgIpc) is 2.20. The Balaban J connectivity index is 2.26. The summed E-state index contributed by atoms with van der Waals surface area (Å²) in [6.07, 6.45) is 2.15. The first-order valence-electron chi connectivity index (χ1n) is 5.47. The van der Waals surface area contributed by atoms with E-state index in [-0.39, 0.29) is 5.54 Å². The fraction of sp³-hybridized carbons (Fsp3) is 0.500. The summed E-state index contributed by atoms with van der Waals surface area (Å²) in [5, 5.41) is 1.45. The Morgan fingerprint density at radius 3 is 2.81 bits per heavy atom. The van der Waals surface area contributed by atoms with E-state index in [1.807, 2.05) is 12.1 Å². The van der Waals surface area contributed by atoms with Crippen LogP contribution in [0, 0.1) is 0 Å². The Morgan fingerprint density at radius 1 is 1.38 bits per heavy atom. The van der Waals surface area contributed by atoms with Crippen LogP contribution >= 0.6 is 23.2 Å². The van der Waals surface area contributed by atoms with E-state index < -0.39 is 0 Å². The number of piperidine rings is 1. The molecule has 1 atom stereocenters. The van der Waals surface area contributed by atoms with E-state index in [4.69, 9.17) is 28.9 Å². The Kier molecular flexibility index (Phi) is 3.34. The van der Waals surface area contributed by atoms with Crippen LogP contribution in [-0.2, 0) is 0 Å². The summed E-state index contributed by atoms with van der Waals surface area (Å²) in [5.41, 5.74) is 7.03. The van der Waals surface area contributed by atoms with Crippen LogP contribution in [0.2, 0.25) is 10.0 Å². The van der Waals surface area contributed by atoms with Crippen molar-refractivity contribution >= 4 is 28.9 Å². The van der Waals surface area contributed by atoms with Gasteiger partial charge in [0.05, 0.1) is 10.7 Å². The van der Waals surface area contributed by atoms with E-state index in [2.05, 4.69) is 11.8 Å². The number of rotatable bonds is 1. The Labute approximate surface area is 106 Å². The molecular weight excluding hydrogens is 243 g/mol. The topological polar surface area (TPSA) is 29.3 Å². The molecule has 0 saturated carbocycles. The molecule has 1 fully saturated rings. The van der Waals surface area contributed by atoms with E-state index >= 15 is 0 Å². The second-order valence-electron chi connectivity index (χ2n) is 4.77. The minimum atomic E-state index is -0.135. The van der Waals surface area contributed by atoms with Gasteiger partial charge < -0.3 is 10.6 Å². The molecule has 1 aliphatic heterocycles. The van der Waals surface area contributed by atoms with Gasteiger partial charge in [0.15, 0.2) is 0 Å². The third kappa shape index (κ3) is 2.62. The van der Waals surface area contributed by atoms with Crippen molar-refractivity contribution in [2.45, 2.75) is 25.3 Å². The summed E-state index contributed by atoms with van der Waals surface area (Å²) in [6, 6.07) is 5.55. The van der Waals surface area contributed by atoms with Crippen molar-refractivity contribution in [3.63, 3.8) is 0 Å². The minimum absolute atomic E-state index is 0.135. The number of anilines is 1. The minimum Gasteiger partial charge on any atom is -0.368 e. The average molecular weight is 259 g/mol. The predicted octanol–water partition coefficient (Wildman–Crippen LogP) is 3.31. The van der Waals surface area contributed by atoms with Crippen molar-refractivity contribution in [1.82, 2.24) is 0 Å². The highest BCUT2D eigenvalue weighted by Crippen LogP contribution is 2.32. The van der Waals surface area contributed by atoms with Crippen molar-refractivity contribution in [2.75, 3.05) is 18.0 Å². The number of hydrogen-bond donors (Lipinski definition) is 1. The van der Waals surface area contributed by atoms with Crippen molar-refractivity contribution in [3.05, 3.63) is 28.2 Å². The normalized spacial score (nSPS) is 25.9. The van der Waals surface area contributed by atoms with E-state index in [1.54, 1.807) is 6.07 Å². The lowest BCUT2D eigenvalue weighted by atomic mass is 9.92. The quantitative estimate of drug-likeness (QED) is 0.838. The highest BCUT2D eigenvalue weighted by molar-refractivity contribution is 6.35. The maximum Gasteiger partial charge on any atom is 0.0640 e. The summed E-state index contributed by atoms with van der Waals surface area (Å²) >= 11 is 12.2. The Hall–Kier alpha value is -0.440.